The van der Waals surface area contributed by atoms with Gasteiger partial charge in [0, 0.05) is 24.3 Å². The van der Waals surface area contributed by atoms with Gasteiger partial charge < -0.3 is 14.8 Å². The Hall–Kier alpha value is -3.97. The van der Waals surface area contributed by atoms with Crippen LogP contribution in [0.25, 0.3) is 6.08 Å². The first kappa shape index (κ1) is 22.8. The molecule has 2 heterocycles. The number of nitrogens with one attached hydrogen (secondary N) is 1. The van der Waals surface area contributed by atoms with Crippen LogP contribution in [0, 0.1) is 5.82 Å². The van der Waals surface area contributed by atoms with Crippen LogP contribution in [-0.2, 0) is 16.1 Å². The maximum absolute atomic E-state index is 14.3. The van der Waals surface area contributed by atoms with E-state index in [1.54, 1.807) is 66.7 Å². The van der Waals surface area contributed by atoms with Crippen LogP contribution < -0.4 is 15.0 Å². The number of amides is 2. The molecule has 178 valence electrons. The molecule has 5 rings (SSSR count). The fraction of sp³-hybridized carbons (Fsp3) is 0.214. The van der Waals surface area contributed by atoms with Gasteiger partial charge in [0.05, 0.1) is 18.3 Å². The maximum atomic E-state index is 14.3. The van der Waals surface area contributed by atoms with Crippen molar-refractivity contribution in [3.05, 3.63) is 101 Å². The van der Waals surface area contributed by atoms with E-state index in [9.17, 15) is 14.0 Å². The summed E-state index contributed by atoms with van der Waals surface area (Å²) in [5, 5.41) is 2.90. The molecule has 1 atom stereocenters. The van der Waals surface area contributed by atoms with Gasteiger partial charge in [0.25, 0.3) is 11.8 Å². The highest BCUT2D eigenvalue weighted by Gasteiger charge is 2.30. The van der Waals surface area contributed by atoms with Crippen LogP contribution in [0.4, 0.5) is 10.1 Å². The average Bonchev–Trinajstić information content (AvgIpc) is 3.40. The van der Waals surface area contributed by atoms with E-state index in [0.29, 0.717) is 34.7 Å². The van der Waals surface area contributed by atoms with Crippen LogP contribution in [0.2, 0.25) is 0 Å². The number of fused-ring (bicyclic) bond motifs is 1. The monoisotopic (exact) mass is 472 g/mol. The summed E-state index contributed by atoms with van der Waals surface area (Å²) in [6.45, 7) is 1.31. The van der Waals surface area contributed by atoms with Crippen molar-refractivity contribution < 1.29 is 23.5 Å². The van der Waals surface area contributed by atoms with Crippen LogP contribution in [0.1, 0.15) is 34.3 Å². The number of rotatable bonds is 6. The Morgan fingerprint density at radius 3 is 2.60 bits per heavy atom. The summed E-state index contributed by atoms with van der Waals surface area (Å²) in [5.41, 5.74) is 2.22. The van der Waals surface area contributed by atoms with Crippen LogP contribution in [0.3, 0.4) is 0 Å². The Labute approximate surface area is 203 Å². The molecule has 0 saturated carbocycles. The zero-order valence-electron chi connectivity index (χ0n) is 19.1. The summed E-state index contributed by atoms with van der Waals surface area (Å²) in [6, 6.07) is 20.5. The van der Waals surface area contributed by atoms with E-state index in [4.69, 9.17) is 9.47 Å². The van der Waals surface area contributed by atoms with Gasteiger partial charge >= 0.3 is 0 Å². The molecular weight excluding hydrogens is 447 g/mol. The molecule has 3 aromatic carbocycles. The second kappa shape index (κ2) is 10.1. The number of para-hydroxylation sites is 2. The summed E-state index contributed by atoms with van der Waals surface area (Å²) in [4.78, 5) is 27.3. The van der Waals surface area contributed by atoms with E-state index in [1.165, 1.54) is 11.0 Å². The van der Waals surface area contributed by atoms with E-state index in [0.717, 1.165) is 19.4 Å². The molecule has 1 fully saturated rings. The molecule has 1 saturated heterocycles. The van der Waals surface area contributed by atoms with Gasteiger partial charge in [-0.2, -0.15) is 0 Å². The Morgan fingerprint density at radius 1 is 1.06 bits per heavy atom. The largest absolute Gasteiger partial charge is 0.449 e. The van der Waals surface area contributed by atoms with Crippen molar-refractivity contribution in [3.8, 4) is 5.75 Å². The third-order valence-corrected chi connectivity index (χ3v) is 6.10. The second-order valence-corrected chi connectivity index (χ2v) is 8.53. The maximum Gasteiger partial charge on any atom is 0.294 e. The number of ether oxygens (including phenoxy) is 2. The molecule has 0 spiro atoms. The van der Waals surface area contributed by atoms with Crippen LogP contribution >= 0.6 is 0 Å². The highest BCUT2D eigenvalue weighted by atomic mass is 19.1. The van der Waals surface area contributed by atoms with Crippen molar-refractivity contribution in [2.45, 2.75) is 25.5 Å². The number of benzene rings is 3. The molecule has 6 nitrogen and oxygen atoms in total. The number of halogens is 1. The van der Waals surface area contributed by atoms with E-state index >= 15 is 0 Å². The summed E-state index contributed by atoms with van der Waals surface area (Å²) >= 11 is 0. The minimum absolute atomic E-state index is 0.0764. The first-order valence-electron chi connectivity index (χ1n) is 11.6. The van der Waals surface area contributed by atoms with Crippen LogP contribution in [0.5, 0.6) is 5.75 Å². The lowest BCUT2D eigenvalue weighted by atomic mass is 10.1. The Kier molecular flexibility index (Phi) is 6.59. The molecule has 35 heavy (non-hydrogen) atoms. The topological polar surface area (TPSA) is 67.9 Å². The standard InChI is InChI=1S/C28H25FN2O4/c29-23-8-2-1-6-21(23)18-31-24-9-3-4-10-25(24)35-26(28(31)33)16-19-11-13-20(14-12-19)27(32)30-17-22-7-5-15-34-22/h1-4,6,8-14,16,22H,5,7,15,17-18H2,(H,30,32)/b26-16-/t22-/m0/s1. The molecule has 0 unspecified atom stereocenters. The minimum Gasteiger partial charge on any atom is -0.449 e. The van der Waals surface area contributed by atoms with Gasteiger partial charge in [0.2, 0.25) is 0 Å². The highest BCUT2D eigenvalue weighted by Crippen LogP contribution is 2.36. The molecule has 2 aliphatic heterocycles. The van der Waals surface area contributed by atoms with Crippen LogP contribution in [0.15, 0.2) is 78.6 Å². The number of anilines is 1. The fourth-order valence-electron chi connectivity index (χ4n) is 4.21. The van der Waals surface area contributed by atoms with E-state index in [-0.39, 0.29) is 36.0 Å². The van der Waals surface area contributed by atoms with Gasteiger partial charge in [-0.1, -0.05) is 42.5 Å². The predicted octanol–water partition coefficient (Wildman–Crippen LogP) is 4.70. The van der Waals surface area contributed by atoms with Gasteiger partial charge in [-0.25, -0.2) is 4.39 Å². The lowest BCUT2D eigenvalue weighted by molar-refractivity contribution is -0.117. The number of carbonyl (C=O) groups is 2. The zero-order chi connectivity index (χ0) is 24.2. The molecular formula is C28H25FN2O4. The van der Waals surface area contributed by atoms with Crippen molar-refractivity contribution in [2.75, 3.05) is 18.1 Å². The van der Waals surface area contributed by atoms with Crippen molar-refractivity contribution in [1.29, 1.82) is 0 Å². The first-order valence-corrected chi connectivity index (χ1v) is 11.6. The van der Waals surface area contributed by atoms with Gasteiger partial charge in [-0.05, 0) is 54.8 Å². The molecule has 1 N–H and O–H groups in total. The summed E-state index contributed by atoms with van der Waals surface area (Å²) in [6.07, 6.45) is 3.68. The van der Waals surface area contributed by atoms with E-state index in [2.05, 4.69) is 5.32 Å². The molecule has 0 aliphatic carbocycles. The molecule has 2 aliphatic rings. The quantitative estimate of drug-likeness (QED) is 0.528. The average molecular weight is 473 g/mol. The first-order chi connectivity index (χ1) is 17.1. The summed E-state index contributed by atoms with van der Waals surface area (Å²) in [5.74, 6) is -0.279. The van der Waals surface area contributed by atoms with E-state index in [1.807, 2.05) is 6.07 Å². The SMILES string of the molecule is O=C(NC[C@@H]1CCCO1)c1ccc(/C=C2\Oc3ccccc3N(Cc3ccccc3F)C2=O)cc1. The predicted molar refractivity (Wildman–Crippen MR) is 130 cm³/mol. The van der Waals surface area contributed by atoms with Gasteiger partial charge in [0.15, 0.2) is 11.5 Å². The zero-order valence-corrected chi connectivity index (χ0v) is 19.1. The summed E-state index contributed by atoms with van der Waals surface area (Å²) < 4.78 is 25.8. The minimum atomic E-state index is -0.372. The van der Waals surface area contributed by atoms with E-state index < -0.39 is 0 Å². The van der Waals surface area contributed by atoms with Gasteiger partial charge in [-0.15, -0.1) is 0 Å². The highest BCUT2D eigenvalue weighted by molar-refractivity contribution is 6.09. The van der Waals surface area contributed by atoms with Crippen molar-refractivity contribution in [2.24, 2.45) is 0 Å². The Bertz CT molecular complexity index is 1270. The smallest absolute Gasteiger partial charge is 0.294 e. The third-order valence-electron chi connectivity index (χ3n) is 6.10. The molecule has 3 aromatic rings. The fourth-order valence-corrected chi connectivity index (χ4v) is 4.21. The van der Waals surface area contributed by atoms with Crippen molar-refractivity contribution >= 4 is 23.6 Å². The Morgan fingerprint density at radius 2 is 1.83 bits per heavy atom. The molecule has 7 heteroatoms. The molecule has 0 radical (unpaired) electrons. The molecule has 2 amide bonds. The molecule has 0 bridgehead atoms. The normalized spacial score (nSPS) is 18.3. The number of hydrogen-bond acceptors (Lipinski definition) is 4. The lowest BCUT2D eigenvalue weighted by Crippen LogP contribution is -2.37. The third kappa shape index (κ3) is 5.10. The number of carbonyl (C=O) groups excluding carboxylic acids is 2. The van der Waals surface area contributed by atoms with Crippen LogP contribution in [-0.4, -0.2) is 31.1 Å². The van der Waals surface area contributed by atoms with Crippen molar-refractivity contribution in [1.82, 2.24) is 5.32 Å². The van der Waals surface area contributed by atoms with Gasteiger partial charge in [-0.3, -0.25) is 14.5 Å². The van der Waals surface area contributed by atoms with Gasteiger partial charge in [0.1, 0.15) is 5.82 Å². The van der Waals surface area contributed by atoms with Crippen molar-refractivity contribution in [3.63, 3.8) is 0 Å². The molecule has 0 aromatic heterocycles. The summed E-state index contributed by atoms with van der Waals surface area (Å²) in [7, 11) is 0. The second-order valence-electron chi connectivity index (χ2n) is 8.53. The number of hydrogen-bond donors (Lipinski definition) is 1. The number of nitrogens with zero attached hydrogens (tertiary/aromatic N) is 1. The Balaban J connectivity index is 1.34. The lowest BCUT2D eigenvalue weighted by Gasteiger charge is -2.30.